The van der Waals surface area contributed by atoms with Gasteiger partial charge in [0, 0.05) is 6.20 Å². The lowest BCUT2D eigenvalue weighted by Gasteiger charge is -2.25. The van der Waals surface area contributed by atoms with Crippen molar-refractivity contribution >= 4 is 34.3 Å². The van der Waals surface area contributed by atoms with Gasteiger partial charge in [-0.2, -0.15) is 0 Å². The number of pyridine rings is 1. The summed E-state index contributed by atoms with van der Waals surface area (Å²) in [4.78, 5) is 33.0. The Hall–Kier alpha value is -3.91. The third kappa shape index (κ3) is 4.53. The summed E-state index contributed by atoms with van der Waals surface area (Å²) in [6.07, 6.45) is 2.29. The van der Waals surface area contributed by atoms with Crippen LogP contribution < -0.4 is 19.8 Å². The van der Waals surface area contributed by atoms with E-state index in [0.717, 1.165) is 12.5 Å². The molecule has 1 unspecified atom stereocenters. The Labute approximate surface area is 217 Å². The molecule has 1 aliphatic heterocycles. The van der Waals surface area contributed by atoms with Crippen LogP contribution in [-0.4, -0.2) is 24.6 Å². The van der Waals surface area contributed by atoms with Crippen molar-refractivity contribution in [3.8, 4) is 11.5 Å². The van der Waals surface area contributed by atoms with Crippen molar-refractivity contribution in [2.45, 2.75) is 26.3 Å². The summed E-state index contributed by atoms with van der Waals surface area (Å²) in [6.45, 7) is 4.73. The minimum absolute atomic E-state index is 0.0445. The van der Waals surface area contributed by atoms with Crippen molar-refractivity contribution in [1.29, 1.82) is 0 Å². The van der Waals surface area contributed by atoms with Crippen molar-refractivity contribution < 1.29 is 23.1 Å². The molecule has 7 nitrogen and oxygen atoms in total. The molecule has 0 fully saturated rings. The maximum Gasteiger partial charge on any atom is 0.296 e. The molecular weight excluding hydrogens is 499 g/mol. The van der Waals surface area contributed by atoms with Crippen LogP contribution in [0.5, 0.6) is 11.5 Å². The number of hydrogen-bond acceptors (Lipinski definition) is 6. The number of benzene rings is 2. The summed E-state index contributed by atoms with van der Waals surface area (Å²) in [7, 11) is 1.52. The van der Waals surface area contributed by atoms with E-state index in [0.29, 0.717) is 34.6 Å². The van der Waals surface area contributed by atoms with E-state index in [1.807, 2.05) is 0 Å². The van der Waals surface area contributed by atoms with Crippen LogP contribution in [0.25, 0.3) is 11.0 Å². The molecule has 0 saturated heterocycles. The van der Waals surface area contributed by atoms with Crippen molar-refractivity contribution in [3.63, 3.8) is 0 Å². The van der Waals surface area contributed by atoms with Crippen LogP contribution in [-0.2, 0) is 0 Å². The van der Waals surface area contributed by atoms with E-state index >= 15 is 0 Å². The highest BCUT2D eigenvalue weighted by Crippen LogP contribution is 2.43. The molecule has 5 rings (SSSR count). The van der Waals surface area contributed by atoms with E-state index in [9.17, 15) is 14.0 Å². The van der Waals surface area contributed by atoms with Crippen LogP contribution in [0.3, 0.4) is 0 Å². The molecular formula is C28H24ClFN2O5. The van der Waals surface area contributed by atoms with Crippen LogP contribution in [0.2, 0.25) is 5.02 Å². The first-order chi connectivity index (χ1) is 17.8. The van der Waals surface area contributed by atoms with Gasteiger partial charge in [-0.3, -0.25) is 14.5 Å². The molecule has 0 aliphatic carbocycles. The lowest BCUT2D eigenvalue weighted by atomic mass is 9.98. The Morgan fingerprint density at radius 3 is 2.62 bits per heavy atom. The summed E-state index contributed by atoms with van der Waals surface area (Å²) < 4.78 is 31.4. The van der Waals surface area contributed by atoms with Crippen molar-refractivity contribution in [3.05, 3.63) is 92.7 Å². The number of fused-ring (bicyclic) bond motifs is 2. The lowest BCUT2D eigenvalue weighted by Crippen LogP contribution is -2.30. The smallest absolute Gasteiger partial charge is 0.296 e. The van der Waals surface area contributed by atoms with Gasteiger partial charge in [0.25, 0.3) is 5.91 Å². The summed E-state index contributed by atoms with van der Waals surface area (Å²) in [5.41, 5.74) is 0.284. The molecule has 1 amide bonds. The standard InChI is InChI=1S/C28H24ClFN2O5/c1-15(2)10-11-36-21-7-4-16(12-22(21)35-3)25-24-26(33)19-13-18(30)6-8-20(19)37-27(24)28(34)32(25)23-9-5-17(29)14-31-23/h4-9,12-15,25H,10-11H2,1-3H3. The minimum atomic E-state index is -0.904. The van der Waals surface area contributed by atoms with Crippen molar-refractivity contribution in [1.82, 2.24) is 4.98 Å². The zero-order chi connectivity index (χ0) is 26.3. The first-order valence-corrected chi connectivity index (χ1v) is 12.2. The van der Waals surface area contributed by atoms with Crippen LogP contribution in [0.15, 0.2) is 63.9 Å². The third-order valence-electron chi connectivity index (χ3n) is 6.25. The van der Waals surface area contributed by atoms with Crippen LogP contribution in [0.4, 0.5) is 10.2 Å². The maximum atomic E-state index is 14.0. The second kappa shape index (κ2) is 9.86. The van der Waals surface area contributed by atoms with Gasteiger partial charge in [0.15, 0.2) is 16.9 Å². The molecule has 0 spiro atoms. The molecule has 3 heterocycles. The largest absolute Gasteiger partial charge is 0.493 e. The summed E-state index contributed by atoms with van der Waals surface area (Å²) in [6, 6.07) is 11.1. The number of rotatable bonds is 7. The molecule has 37 heavy (non-hydrogen) atoms. The SMILES string of the molecule is COc1cc(C2c3c(oc4ccc(F)cc4c3=O)C(=O)N2c2ccc(Cl)cn2)ccc1OCCC(C)C. The van der Waals surface area contributed by atoms with Gasteiger partial charge in [-0.1, -0.05) is 31.5 Å². The van der Waals surface area contributed by atoms with Gasteiger partial charge in [-0.25, -0.2) is 9.37 Å². The predicted octanol–water partition coefficient (Wildman–Crippen LogP) is 6.16. The van der Waals surface area contributed by atoms with Gasteiger partial charge in [-0.05, 0) is 60.4 Å². The molecule has 0 N–H and O–H groups in total. The molecule has 190 valence electrons. The quantitative estimate of drug-likeness (QED) is 0.289. The maximum absolute atomic E-state index is 14.0. The van der Waals surface area contributed by atoms with Crippen LogP contribution in [0.1, 0.15) is 48.0 Å². The Bertz CT molecular complexity index is 1550. The molecule has 0 bridgehead atoms. The van der Waals surface area contributed by atoms with Crippen molar-refractivity contribution in [2.24, 2.45) is 5.92 Å². The van der Waals surface area contributed by atoms with E-state index in [-0.39, 0.29) is 28.1 Å². The Balaban J connectivity index is 1.68. The Morgan fingerprint density at radius 2 is 1.92 bits per heavy atom. The number of hydrogen-bond donors (Lipinski definition) is 0. The zero-order valence-electron chi connectivity index (χ0n) is 20.5. The lowest BCUT2D eigenvalue weighted by molar-refractivity contribution is 0.0970. The average molecular weight is 523 g/mol. The fourth-order valence-corrected chi connectivity index (χ4v) is 4.50. The van der Waals surface area contributed by atoms with Crippen molar-refractivity contribution in [2.75, 3.05) is 18.6 Å². The number of nitrogens with zero attached hydrogens (tertiary/aromatic N) is 2. The molecule has 1 atom stereocenters. The van der Waals surface area contributed by atoms with Gasteiger partial charge >= 0.3 is 0 Å². The van der Waals surface area contributed by atoms with E-state index in [4.69, 9.17) is 25.5 Å². The Kier molecular flexibility index (Phi) is 6.60. The zero-order valence-corrected chi connectivity index (χ0v) is 21.2. The number of aromatic nitrogens is 1. The number of carbonyl (C=O) groups is 1. The average Bonchev–Trinajstić information content (AvgIpc) is 3.17. The number of halogens is 2. The van der Waals surface area contributed by atoms with E-state index < -0.39 is 23.2 Å². The number of carbonyl (C=O) groups excluding carboxylic acids is 1. The highest BCUT2D eigenvalue weighted by molar-refractivity contribution is 6.30. The molecule has 0 radical (unpaired) electrons. The second-order valence-electron chi connectivity index (χ2n) is 9.17. The predicted molar refractivity (Wildman–Crippen MR) is 138 cm³/mol. The molecule has 4 aromatic rings. The normalized spacial score (nSPS) is 14.9. The van der Waals surface area contributed by atoms with Crippen LogP contribution in [0, 0.1) is 11.7 Å². The number of ether oxygens (including phenoxy) is 2. The molecule has 2 aromatic heterocycles. The van der Waals surface area contributed by atoms with Gasteiger partial charge < -0.3 is 13.9 Å². The minimum Gasteiger partial charge on any atom is -0.493 e. The highest BCUT2D eigenvalue weighted by atomic mass is 35.5. The van der Waals surface area contributed by atoms with Gasteiger partial charge in [-0.15, -0.1) is 0 Å². The number of amides is 1. The highest BCUT2D eigenvalue weighted by Gasteiger charge is 2.44. The molecule has 1 aliphatic rings. The topological polar surface area (TPSA) is 81.9 Å². The molecule has 9 heteroatoms. The third-order valence-corrected chi connectivity index (χ3v) is 6.47. The van der Waals surface area contributed by atoms with E-state index in [1.165, 1.54) is 30.3 Å². The monoisotopic (exact) mass is 522 g/mol. The van der Waals surface area contributed by atoms with Gasteiger partial charge in [0.2, 0.25) is 5.76 Å². The first kappa shape index (κ1) is 24.8. The van der Waals surface area contributed by atoms with Gasteiger partial charge in [0.05, 0.1) is 35.7 Å². The van der Waals surface area contributed by atoms with Crippen LogP contribution >= 0.6 is 11.6 Å². The fraction of sp³-hybridized carbons (Fsp3) is 0.250. The number of anilines is 1. The summed E-state index contributed by atoms with van der Waals surface area (Å²) in [5, 5.41) is 0.438. The summed E-state index contributed by atoms with van der Waals surface area (Å²) >= 11 is 6.03. The number of methoxy groups -OCH3 is 1. The second-order valence-corrected chi connectivity index (χ2v) is 9.60. The van der Waals surface area contributed by atoms with E-state index in [2.05, 4.69) is 18.8 Å². The molecule has 2 aromatic carbocycles. The molecule has 0 saturated carbocycles. The fourth-order valence-electron chi connectivity index (χ4n) is 4.39. The summed E-state index contributed by atoms with van der Waals surface area (Å²) in [5.74, 6) is 0.489. The van der Waals surface area contributed by atoms with E-state index in [1.54, 1.807) is 30.3 Å². The Morgan fingerprint density at radius 1 is 1.11 bits per heavy atom. The first-order valence-electron chi connectivity index (χ1n) is 11.8. The van der Waals surface area contributed by atoms with Gasteiger partial charge in [0.1, 0.15) is 17.2 Å².